The van der Waals surface area contributed by atoms with Gasteiger partial charge in [0, 0.05) is 4.90 Å². The first kappa shape index (κ1) is 5.86. The molecule has 1 N–H and O–H groups in total. The van der Waals surface area contributed by atoms with Crippen molar-refractivity contribution in [2.45, 2.75) is 4.90 Å². The van der Waals surface area contributed by atoms with E-state index in [9.17, 15) is 0 Å². The molecule has 2 rings (SSSR count). The van der Waals surface area contributed by atoms with Gasteiger partial charge in [-0.15, -0.1) is 0 Å². The number of nitrogens with one attached hydrogen (secondary N) is 1. The van der Waals surface area contributed by atoms with Gasteiger partial charge in [-0.25, -0.2) is 0 Å². The third-order valence-electron chi connectivity index (χ3n) is 1.37. The molecule has 1 aliphatic heterocycles. The molecule has 0 spiro atoms. The molecule has 1 heterocycles. The molecule has 1 radical (unpaired) electrons. The minimum Gasteiger partial charge on any atom is -0.324 e. The summed E-state index contributed by atoms with van der Waals surface area (Å²) in [6.45, 7) is 0. The summed E-state index contributed by atoms with van der Waals surface area (Å²) in [5.74, 6) is 0. The lowest BCUT2D eigenvalue weighted by atomic mass is 10.2. The Hall–Kier alpha value is -0.890. The number of hydrogen-bond donors (Lipinski definition) is 1. The van der Waals surface area contributed by atoms with Crippen LogP contribution >= 0.6 is 11.9 Å². The smallest absolute Gasteiger partial charge is 0.0692 e. The van der Waals surface area contributed by atoms with Crippen molar-refractivity contribution in [2.75, 3.05) is 0 Å². The van der Waals surface area contributed by atoms with Gasteiger partial charge in [0.2, 0.25) is 0 Å². The Bertz CT molecular complexity index is 268. The van der Waals surface area contributed by atoms with Gasteiger partial charge in [0.1, 0.15) is 0 Å². The molecule has 0 amide bonds. The van der Waals surface area contributed by atoms with Crippen LogP contribution in [0.25, 0.3) is 6.08 Å². The van der Waals surface area contributed by atoms with Crippen molar-refractivity contribution < 1.29 is 0 Å². The zero-order chi connectivity index (χ0) is 6.81. The lowest BCUT2D eigenvalue weighted by Gasteiger charge is -2.08. The number of rotatable bonds is 0. The van der Waals surface area contributed by atoms with Crippen LogP contribution in [0.15, 0.2) is 29.2 Å². The van der Waals surface area contributed by atoms with Gasteiger partial charge in [0.25, 0.3) is 0 Å². The van der Waals surface area contributed by atoms with Crippen molar-refractivity contribution in [3.8, 4) is 0 Å². The quantitative estimate of drug-likeness (QED) is 0.565. The summed E-state index contributed by atoms with van der Waals surface area (Å²) in [6.07, 6.45) is 4.88. The van der Waals surface area contributed by atoms with Crippen molar-refractivity contribution in [3.63, 3.8) is 0 Å². The van der Waals surface area contributed by atoms with E-state index in [-0.39, 0.29) is 0 Å². The SMILES string of the molecule is [C]1=Cc2ccccc2SN1. The van der Waals surface area contributed by atoms with E-state index in [1.54, 1.807) is 11.9 Å². The van der Waals surface area contributed by atoms with Crippen molar-refractivity contribution in [1.82, 2.24) is 4.72 Å². The van der Waals surface area contributed by atoms with Crippen LogP contribution in [0.5, 0.6) is 0 Å². The molecule has 49 valence electrons. The Labute approximate surface area is 64.3 Å². The van der Waals surface area contributed by atoms with Crippen molar-refractivity contribution in [3.05, 3.63) is 36.0 Å². The van der Waals surface area contributed by atoms with E-state index in [1.165, 1.54) is 10.5 Å². The second kappa shape index (κ2) is 2.39. The Morgan fingerprint density at radius 2 is 2.20 bits per heavy atom. The molecule has 0 unspecified atom stereocenters. The van der Waals surface area contributed by atoms with Gasteiger partial charge < -0.3 is 4.72 Å². The first-order valence-electron chi connectivity index (χ1n) is 3.06. The largest absolute Gasteiger partial charge is 0.324 e. The standard InChI is InChI=1S/C8H6NS/c1-2-4-8-7(3-1)5-6-9-10-8/h1-5,9H. The van der Waals surface area contributed by atoms with Crippen molar-refractivity contribution in [2.24, 2.45) is 0 Å². The third-order valence-corrected chi connectivity index (χ3v) is 2.18. The number of benzene rings is 1. The first-order valence-corrected chi connectivity index (χ1v) is 3.88. The third kappa shape index (κ3) is 0.907. The van der Waals surface area contributed by atoms with Crippen LogP contribution in [0.2, 0.25) is 0 Å². The highest BCUT2D eigenvalue weighted by Crippen LogP contribution is 2.23. The fraction of sp³-hybridized carbons (Fsp3) is 0. The van der Waals surface area contributed by atoms with Crippen LogP contribution in [0.1, 0.15) is 5.56 Å². The van der Waals surface area contributed by atoms with Crippen LogP contribution in [0, 0.1) is 6.20 Å². The molecule has 0 fully saturated rings. The van der Waals surface area contributed by atoms with Gasteiger partial charge in [-0.3, -0.25) is 0 Å². The second-order valence-electron chi connectivity index (χ2n) is 2.03. The average molecular weight is 148 g/mol. The maximum absolute atomic E-state index is 2.95. The van der Waals surface area contributed by atoms with E-state index < -0.39 is 0 Å². The lowest BCUT2D eigenvalue weighted by Crippen LogP contribution is -1.97. The Morgan fingerprint density at radius 1 is 1.30 bits per heavy atom. The van der Waals surface area contributed by atoms with Crippen molar-refractivity contribution >= 4 is 18.0 Å². The van der Waals surface area contributed by atoms with E-state index in [1.807, 2.05) is 18.2 Å². The average Bonchev–Trinajstić information content (AvgIpc) is 2.05. The summed E-state index contributed by atoms with van der Waals surface area (Å²) in [4.78, 5) is 1.27. The minimum absolute atomic E-state index is 1.24. The first-order chi connectivity index (χ1) is 4.97. The lowest BCUT2D eigenvalue weighted by molar-refractivity contribution is 1.28. The molecule has 0 atom stereocenters. The summed E-state index contributed by atoms with van der Waals surface area (Å²) in [7, 11) is 0. The maximum atomic E-state index is 2.95. The zero-order valence-electron chi connectivity index (χ0n) is 5.29. The Morgan fingerprint density at radius 3 is 3.10 bits per heavy atom. The van der Waals surface area contributed by atoms with E-state index >= 15 is 0 Å². The predicted octanol–water partition coefficient (Wildman–Crippen LogP) is 2.07. The molecule has 0 aromatic heterocycles. The zero-order valence-corrected chi connectivity index (χ0v) is 6.11. The van der Waals surface area contributed by atoms with Gasteiger partial charge in [-0.05, 0) is 29.7 Å². The van der Waals surface area contributed by atoms with Crippen molar-refractivity contribution in [1.29, 1.82) is 0 Å². The van der Waals surface area contributed by atoms with Crippen LogP contribution < -0.4 is 4.72 Å². The van der Waals surface area contributed by atoms with Gasteiger partial charge in [0.15, 0.2) is 0 Å². The second-order valence-corrected chi connectivity index (χ2v) is 2.88. The van der Waals surface area contributed by atoms with Gasteiger partial charge in [0.05, 0.1) is 6.20 Å². The monoisotopic (exact) mass is 148 g/mol. The molecular formula is C8H6NS. The topological polar surface area (TPSA) is 12.0 Å². The molecule has 0 saturated heterocycles. The van der Waals surface area contributed by atoms with Crippen LogP contribution in [-0.4, -0.2) is 0 Å². The normalized spacial score (nSPS) is 14.0. The van der Waals surface area contributed by atoms with Crippen LogP contribution in [0.4, 0.5) is 0 Å². The predicted molar refractivity (Wildman–Crippen MR) is 43.1 cm³/mol. The van der Waals surface area contributed by atoms with E-state index in [4.69, 9.17) is 0 Å². The number of hydrogen-bond acceptors (Lipinski definition) is 2. The highest BCUT2D eigenvalue weighted by molar-refractivity contribution is 7.97. The summed E-state index contributed by atoms with van der Waals surface area (Å²) < 4.78 is 2.95. The summed E-state index contributed by atoms with van der Waals surface area (Å²) in [5.41, 5.74) is 1.24. The van der Waals surface area contributed by atoms with Gasteiger partial charge >= 0.3 is 0 Å². The molecule has 1 nitrogen and oxygen atoms in total. The summed E-state index contributed by atoms with van der Waals surface area (Å²) in [6, 6.07) is 8.23. The molecule has 0 saturated carbocycles. The minimum atomic E-state index is 1.24. The van der Waals surface area contributed by atoms with E-state index in [2.05, 4.69) is 23.1 Å². The molecule has 0 bridgehead atoms. The summed E-state index contributed by atoms with van der Waals surface area (Å²) in [5, 5.41) is 0. The Balaban J connectivity index is 2.54. The summed E-state index contributed by atoms with van der Waals surface area (Å²) >= 11 is 1.60. The van der Waals surface area contributed by atoms with Gasteiger partial charge in [-0.1, -0.05) is 18.2 Å². The molecule has 0 aliphatic carbocycles. The molecular weight excluding hydrogens is 142 g/mol. The fourth-order valence-electron chi connectivity index (χ4n) is 0.884. The Kier molecular flexibility index (Phi) is 1.40. The van der Waals surface area contributed by atoms with Crippen LogP contribution in [0.3, 0.4) is 0 Å². The molecule has 10 heavy (non-hydrogen) atoms. The van der Waals surface area contributed by atoms with Crippen LogP contribution in [-0.2, 0) is 0 Å². The molecule has 1 aliphatic rings. The highest BCUT2D eigenvalue weighted by atomic mass is 32.2. The molecule has 2 heteroatoms. The molecule has 1 aromatic carbocycles. The van der Waals surface area contributed by atoms with E-state index in [0.29, 0.717) is 0 Å². The van der Waals surface area contributed by atoms with E-state index in [0.717, 1.165) is 0 Å². The molecule has 1 aromatic rings. The number of fused-ring (bicyclic) bond motifs is 1. The van der Waals surface area contributed by atoms with Gasteiger partial charge in [-0.2, -0.15) is 0 Å². The fourth-order valence-corrected chi connectivity index (χ4v) is 1.50. The highest BCUT2D eigenvalue weighted by Gasteiger charge is 2.01. The maximum Gasteiger partial charge on any atom is 0.0692 e.